The third-order valence-corrected chi connectivity index (χ3v) is 5.06. The zero-order chi connectivity index (χ0) is 13.0. The molecule has 1 aromatic carbocycles. The first-order valence-electron chi connectivity index (χ1n) is 7.20. The summed E-state index contributed by atoms with van der Waals surface area (Å²) in [6.45, 7) is 0. The summed E-state index contributed by atoms with van der Waals surface area (Å²) in [5.74, 6) is 1.03. The summed E-state index contributed by atoms with van der Waals surface area (Å²) in [7, 11) is 0. The minimum absolute atomic E-state index is 0.281. The number of nitrogens with zero attached hydrogens (tertiary/aromatic N) is 1. The first kappa shape index (κ1) is 11.3. The van der Waals surface area contributed by atoms with Crippen LogP contribution >= 0.6 is 0 Å². The molecular formula is C16H18N2O. The highest BCUT2D eigenvalue weighted by molar-refractivity contribution is 5.58. The van der Waals surface area contributed by atoms with Crippen LogP contribution in [0.5, 0.6) is 5.75 Å². The van der Waals surface area contributed by atoms with Crippen molar-refractivity contribution in [1.29, 1.82) is 5.26 Å². The number of benzene rings is 1. The molecule has 3 nitrogen and oxygen atoms in total. The van der Waals surface area contributed by atoms with Crippen LogP contribution in [0.4, 0.5) is 0 Å². The zero-order valence-corrected chi connectivity index (χ0v) is 11.0. The molecule has 0 unspecified atom stereocenters. The molecule has 4 rings (SSSR count). The Morgan fingerprint density at radius 1 is 1.26 bits per heavy atom. The first-order valence-corrected chi connectivity index (χ1v) is 7.20. The molecule has 0 aliphatic heterocycles. The van der Waals surface area contributed by atoms with E-state index in [1.165, 1.54) is 30.4 Å². The van der Waals surface area contributed by atoms with Crippen molar-refractivity contribution >= 4 is 0 Å². The molecule has 3 heteroatoms. The molecule has 98 valence electrons. The van der Waals surface area contributed by atoms with Gasteiger partial charge in [0.15, 0.2) is 0 Å². The summed E-state index contributed by atoms with van der Waals surface area (Å²) in [6, 6.07) is 6.58. The number of hydrogen-bond donors (Lipinski definition) is 1. The highest BCUT2D eigenvalue weighted by Crippen LogP contribution is 2.60. The quantitative estimate of drug-likeness (QED) is 0.881. The van der Waals surface area contributed by atoms with Crippen molar-refractivity contribution in [3.8, 4) is 11.8 Å². The largest absolute Gasteiger partial charge is 0.490 e. The molecule has 0 saturated heterocycles. The van der Waals surface area contributed by atoms with Gasteiger partial charge in [-0.25, -0.2) is 0 Å². The lowest BCUT2D eigenvalue weighted by molar-refractivity contribution is 0.0992. The number of nitrogens with two attached hydrogens (primary N) is 1. The molecule has 0 heterocycles. The van der Waals surface area contributed by atoms with Crippen LogP contribution in [0.15, 0.2) is 12.1 Å². The molecule has 2 saturated carbocycles. The van der Waals surface area contributed by atoms with Gasteiger partial charge in [-0.1, -0.05) is 0 Å². The Morgan fingerprint density at radius 2 is 2.05 bits per heavy atom. The summed E-state index contributed by atoms with van der Waals surface area (Å²) in [5, 5.41) is 9.25. The molecule has 0 amide bonds. The maximum absolute atomic E-state index is 9.25. The first-order chi connectivity index (χ1) is 9.22. The number of fused-ring (bicyclic) bond motifs is 2. The molecule has 0 atom stereocenters. The van der Waals surface area contributed by atoms with Gasteiger partial charge in [-0.2, -0.15) is 5.26 Å². The van der Waals surface area contributed by atoms with Gasteiger partial charge in [0, 0.05) is 11.6 Å². The van der Waals surface area contributed by atoms with Crippen LogP contribution in [0.25, 0.3) is 0 Å². The lowest BCUT2D eigenvalue weighted by Gasteiger charge is -2.33. The Morgan fingerprint density at radius 3 is 2.68 bits per heavy atom. The normalized spacial score (nSPS) is 29.5. The van der Waals surface area contributed by atoms with E-state index in [1.54, 1.807) is 0 Å². The number of nitriles is 1. The number of ether oxygens (including phenoxy) is 1. The Labute approximate surface area is 113 Å². The van der Waals surface area contributed by atoms with E-state index in [2.05, 4.69) is 6.07 Å². The summed E-state index contributed by atoms with van der Waals surface area (Å²) >= 11 is 0. The molecule has 3 aliphatic carbocycles. The van der Waals surface area contributed by atoms with Gasteiger partial charge in [-0.15, -0.1) is 0 Å². The molecule has 2 fully saturated rings. The second-order valence-corrected chi connectivity index (χ2v) is 6.33. The zero-order valence-electron chi connectivity index (χ0n) is 11.0. The van der Waals surface area contributed by atoms with Gasteiger partial charge in [0.25, 0.3) is 0 Å². The van der Waals surface area contributed by atoms with Crippen LogP contribution in [0.2, 0.25) is 0 Å². The Kier molecular flexibility index (Phi) is 2.23. The molecule has 0 radical (unpaired) electrons. The van der Waals surface area contributed by atoms with E-state index in [4.69, 9.17) is 10.5 Å². The highest BCUT2D eigenvalue weighted by Gasteiger charge is 2.51. The van der Waals surface area contributed by atoms with Crippen LogP contribution in [-0.4, -0.2) is 12.1 Å². The van der Waals surface area contributed by atoms with E-state index < -0.39 is 0 Å². The van der Waals surface area contributed by atoms with Crippen molar-refractivity contribution < 1.29 is 4.74 Å². The van der Waals surface area contributed by atoms with E-state index in [0.717, 1.165) is 30.6 Å². The predicted molar refractivity (Wildman–Crippen MR) is 72.0 cm³/mol. The van der Waals surface area contributed by atoms with Crippen molar-refractivity contribution in [2.75, 3.05) is 0 Å². The summed E-state index contributed by atoms with van der Waals surface area (Å²) in [6.07, 6.45) is 6.96. The van der Waals surface area contributed by atoms with Gasteiger partial charge >= 0.3 is 0 Å². The lowest BCUT2D eigenvalue weighted by atomic mass is 9.89. The fourth-order valence-corrected chi connectivity index (χ4v) is 3.69. The van der Waals surface area contributed by atoms with Crippen molar-refractivity contribution in [3.63, 3.8) is 0 Å². The SMILES string of the molecule is N#Cc1ccc(OC2CC(N)C2)c2c1CCC21CC1. The lowest BCUT2D eigenvalue weighted by Crippen LogP contribution is -2.43. The second kappa shape index (κ2) is 3.74. The third-order valence-electron chi connectivity index (χ3n) is 5.06. The Balaban J connectivity index is 1.72. The van der Waals surface area contributed by atoms with Gasteiger partial charge in [0.2, 0.25) is 0 Å². The predicted octanol–water partition coefficient (Wildman–Crippen LogP) is 2.40. The van der Waals surface area contributed by atoms with E-state index in [9.17, 15) is 5.26 Å². The monoisotopic (exact) mass is 254 g/mol. The van der Waals surface area contributed by atoms with Crippen molar-refractivity contribution in [1.82, 2.24) is 0 Å². The fraction of sp³-hybridized carbons (Fsp3) is 0.562. The van der Waals surface area contributed by atoms with E-state index in [1.807, 2.05) is 12.1 Å². The topological polar surface area (TPSA) is 59.0 Å². The molecule has 2 N–H and O–H groups in total. The molecule has 1 spiro atoms. The molecule has 19 heavy (non-hydrogen) atoms. The molecule has 0 bridgehead atoms. The van der Waals surface area contributed by atoms with Crippen molar-refractivity contribution in [2.24, 2.45) is 5.73 Å². The molecule has 0 aromatic heterocycles. The van der Waals surface area contributed by atoms with E-state index in [-0.39, 0.29) is 6.10 Å². The van der Waals surface area contributed by atoms with Crippen LogP contribution in [0.1, 0.15) is 48.8 Å². The van der Waals surface area contributed by atoms with Crippen molar-refractivity contribution in [3.05, 3.63) is 28.8 Å². The second-order valence-electron chi connectivity index (χ2n) is 6.33. The Hall–Kier alpha value is -1.53. The van der Waals surface area contributed by atoms with Gasteiger partial charge in [-0.3, -0.25) is 0 Å². The van der Waals surface area contributed by atoms with Crippen LogP contribution in [0, 0.1) is 11.3 Å². The molecular weight excluding hydrogens is 236 g/mol. The van der Waals surface area contributed by atoms with Gasteiger partial charge < -0.3 is 10.5 Å². The van der Waals surface area contributed by atoms with Crippen LogP contribution < -0.4 is 10.5 Å². The van der Waals surface area contributed by atoms with Gasteiger partial charge in [-0.05, 0) is 61.6 Å². The maximum atomic E-state index is 9.25. The number of hydrogen-bond acceptors (Lipinski definition) is 3. The average Bonchev–Trinajstić information content (AvgIpc) is 3.04. The van der Waals surface area contributed by atoms with Crippen LogP contribution in [-0.2, 0) is 11.8 Å². The standard InChI is InChI=1S/C16H18N2O/c17-9-10-1-2-14(19-12-7-11(18)8-12)15-13(10)3-4-16(15)5-6-16/h1-2,11-12H,3-8,18H2. The maximum Gasteiger partial charge on any atom is 0.123 e. The number of rotatable bonds is 2. The van der Waals surface area contributed by atoms with E-state index >= 15 is 0 Å². The smallest absolute Gasteiger partial charge is 0.123 e. The van der Waals surface area contributed by atoms with Gasteiger partial charge in [0.05, 0.1) is 11.6 Å². The molecule has 1 aromatic rings. The highest BCUT2D eigenvalue weighted by atomic mass is 16.5. The average molecular weight is 254 g/mol. The van der Waals surface area contributed by atoms with Crippen LogP contribution in [0.3, 0.4) is 0 Å². The third kappa shape index (κ3) is 1.60. The summed E-state index contributed by atoms with van der Waals surface area (Å²) in [4.78, 5) is 0. The van der Waals surface area contributed by atoms with Gasteiger partial charge in [0.1, 0.15) is 11.9 Å². The van der Waals surface area contributed by atoms with Crippen molar-refractivity contribution in [2.45, 2.75) is 56.1 Å². The Bertz CT molecular complexity index is 577. The minimum Gasteiger partial charge on any atom is -0.490 e. The van der Waals surface area contributed by atoms with E-state index in [0.29, 0.717) is 11.5 Å². The molecule has 3 aliphatic rings. The minimum atomic E-state index is 0.281. The fourth-order valence-electron chi connectivity index (χ4n) is 3.69. The summed E-state index contributed by atoms with van der Waals surface area (Å²) in [5.41, 5.74) is 9.62. The summed E-state index contributed by atoms with van der Waals surface area (Å²) < 4.78 is 6.15.